The molecule has 0 atom stereocenters. The molecule has 0 unspecified atom stereocenters. The first-order chi connectivity index (χ1) is 12.7. The number of para-hydroxylation sites is 1. The fourth-order valence-electron chi connectivity index (χ4n) is 3.51. The fraction of sp³-hybridized carbons (Fsp3) is 0.238. The third-order valence-electron chi connectivity index (χ3n) is 4.91. The van der Waals surface area contributed by atoms with Crippen LogP contribution in [-0.2, 0) is 0 Å². The van der Waals surface area contributed by atoms with Gasteiger partial charge in [-0.3, -0.25) is 9.78 Å². The van der Waals surface area contributed by atoms with E-state index in [1.165, 1.54) is 5.69 Å². The quantitative estimate of drug-likeness (QED) is 0.753. The van der Waals surface area contributed by atoms with Crippen LogP contribution < -0.4 is 10.2 Å². The Morgan fingerprint density at radius 1 is 1.04 bits per heavy atom. The van der Waals surface area contributed by atoms with Crippen molar-refractivity contribution in [3.05, 3.63) is 71.4 Å². The van der Waals surface area contributed by atoms with Crippen molar-refractivity contribution in [2.75, 3.05) is 18.0 Å². The zero-order valence-electron chi connectivity index (χ0n) is 14.4. The first-order valence-electron chi connectivity index (χ1n) is 8.86. The van der Waals surface area contributed by atoms with Crippen LogP contribution >= 0.6 is 11.6 Å². The molecule has 1 N–H and O–H groups in total. The van der Waals surface area contributed by atoms with Gasteiger partial charge in [-0.05, 0) is 49.2 Å². The van der Waals surface area contributed by atoms with Crippen LogP contribution in [0, 0.1) is 0 Å². The van der Waals surface area contributed by atoms with Gasteiger partial charge in [0.2, 0.25) is 0 Å². The summed E-state index contributed by atoms with van der Waals surface area (Å²) in [6.07, 6.45) is 3.55. The van der Waals surface area contributed by atoms with Gasteiger partial charge in [-0.2, -0.15) is 0 Å². The van der Waals surface area contributed by atoms with Gasteiger partial charge in [-0.25, -0.2) is 0 Å². The Balaban J connectivity index is 1.44. The molecule has 4 nitrogen and oxygen atoms in total. The molecule has 1 aromatic heterocycles. The van der Waals surface area contributed by atoms with Crippen LogP contribution in [0.5, 0.6) is 0 Å². The van der Waals surface area contributed by atoms with Gasteiger partial charge in [0.15, 0.2) is 0 Å². The van der Waals surface area contributed by atoms with Gasteiger partial charge < -0.3 is 10.2 Å². The van der Waals surface area contributed by atoms with E-state index in [-0.39, 0.29) is 11.9 Å². The molecule has 26 heavy (non-hydrogen) atoms. The van der Waals surface area contributed by atoms with Gasteiger partial charge in [0.25, 0.3) is 5.91 Å². The summed E-state index contributed by atoms with van der Waals surface area (Å²) < 4.78 is 0. The summed E-state index contributed by atoms with van der Waals surface area (Å²) in [6, 6.07) is 17.8. The molecule has 0 radical (unpaired) electrons. The topological polar surface area (TPSA) is 45.2 Å². The van der Waals surface area contributed by atoms with Crippen molar-refractivity contribution in [1.29, 1.82) is 0 Å². The standard InChI is InChI=1S/C21H20ClN3O/c22-19-9-8-18(20-17(19)7-4-12-23-20)21(26)24-15-10-13-25(14-11-15)16-5-2-1-3-6-16/h1-9,12,15H,10-11,13-14H2,(H,24,26). The molecular weight excluding hydrogens is 346 g/mol. The second-order valence-electron chi connectivity index (χ2n) is 6.56. The Bertz CT molecular complexity index is 921. The second kappa shape index (κ2) is 7.34. The Morgan fingerprint density at radius 3 is 2.58 bits per heavy atom. The molecule has 5 heteroatoms. The van der Waals surface area contributed by atoms with Crippen LogP contribution in [0.2, 0.25) is 5.02 Å². The summed E-state index contributed by atoms with van der Waals surface area (Å²) in [5, 5.41) is 4.59. The molecule has 0 saturated carbocycles. The molecule has 0 spiro atoms. The van der Waals surface area contributed by atoms with E-state index in [1.807, 2.05) is 18.2 Å². The second-order valence-corrected chi connectivity index (χ2v) is 6.97. The van der Waals surface area contributed by atoms with Crippen LogP contribution in [0.15, 0.2) is 60.8 Å². The maximum absolute atomic E-state index is 12.8. The molecule has 1 aliphatic rings. The Kier molecular flexibility index (Phi) is 4.76. The highest BCUT2D eigenvalue weighted by Gasteiger charge is 2.22. The minimum Gasteiger partial charge on any atom is -0.371 e. The Hall–Kier alpha value is -2.59. The smallest absolute Gasteiger partial charge is 0.253 e. The van der Waals surface area contributed by atoms with E-state index in [9.17, 15) is 4.79 Å². The van der Waals surface area contributed by atoms with Crippen molar-refractivity contribution in [1.82, 2.24) is 10.3 Å². The predicted octanol–water partition coefficient (Wildman–Crippen LogP) is 4.29. The number of hydrogen-bond acceptors (Lipinski definition) is 3. The van der Waals surface area contributed by atoms with E-state index in [0.29, 0.717) is 16.1 Å². The third-order valence-corrected chi connectivity index (χ3v) is 5.24. The SMILES string of the molecule is O=C(NC1CCN(c2ccccc2)CC1)c1ccc(Cl)c2cccnc12. The van der Waals surface area contributed by atoms with Crippen molar-refractivity contribution in [3.8, 4) is 0 Å². The molecule has 1 saturated heterocycles. The predicted molar refractivity (Wildman–Crippen MR) is 106 cm³/mol. The molecule has 3 aromatic rings. The first-order valence-corrected chi connectivity index (χ1v) is 9.24. The highest BCUT2D eigenvalue weighted by Crippen LogP contribution is 2.25. The van der Waals surface area contributed by atoms with Gasteiger partial charge >= 0.3 is 0 Å². The molecule has 0 aliphatic carbocycles. The lowest BCUT2D eigenvalue weighted by Crippen LogP contribution is -2.44. The summed E-state index contributed by atoms with van der Waals surface area (Å²) in [4.78, 5) is 19.5. The van der Waals surface area contributed by atoms with Gasteiger partial charge in [0.05, 0.1) is 16.1 Å². The number of halogens is 1. The lowest BCUT2D eigenvalue weighted by atomic mass is 10.0. The number of rotatable bonds is 3. The molecule has 1 amide bonds. The van der Waals surface area contributed by atoms with Gasteiger partial charge in [0, 0.05) is 36.4 Å². The number of aromatic nitrogens is 1. The maximum atomic E-state index is 12.8. The lowest BCUT2D eigenvalue weighted by molar-refractivity contribution is 0.0932. The summed E-state index contributed by atoms with van der Waals surface area (Å²) in [7, 11) is 0. The number of nitrogens with zero attached hydrogens (tertiary/aromatic N) is 2. The number of carbonyl (C=O) groups is 1. The van der Waals surface area contributed by atoms with E-state index in [2.05, 4.69) is 39.5 Å². The molecule has 4 rings (SSSR count). The van der Waals surface area contributed by atoms with E-state index in [4.69, 9.17) is 11.6 Å². The molecule has 2 aromatic carbocycles. The molecule has 132 valence electrons. The highest BCUT2D eigenvalue weighted by atomic mass is 35.5. The van der Waals surface area contributed by atoms with E-state index in [0.717, 1.165) is 31.3 Å². The van der Waals surface area contributed by atoms with Crippen LogP contribution in [0.4, 0.5) is 5.69 Å². The zero-order valence-corrected chi connectivity index (χ0v) is 15.1. The Labute approximate surface area is 157 Å². The van der Waals surface area contributed by atoms with Gasteiger partial charge in [0.1, 0.15) is 0 Å². The average Bonchev–Trinajstić information content (AvgIpc) is 2.70. The van der Waals surface area contributed by atoms with Crippen molar-refractivity contribution in [2.24, 2.45) is 0 Å². The number of amides is 1. The molecule has 1 fully saturated rings. The van der Waals surface area contributed by atoms with Gasteiger partial charge in [-0.1, -0.05) is 29.8 Å². The number of benzene rings is 2. The number of hydrogen-bond donors (Lipinski definition) is 1. The molecular formula is C21H20ClN3O. The normalized spacial score (nSPS) is 15.2. The minimum atomic E-state index is -0.0801. The first kappa shape index (κ1) is 16.9. The average molecular weight is 366 g/mol. The van der Waals surface area contributed by atoms with Crippen LogP contribution in [0.1, 0.15) is 23.2 Å². The number of pyridine rings is 1. The number of fused-ring (bicyclic) bond motifs is 1. The number of carbonyl (C=O) groups excluding carboxylic acids is 1. The van der Waals surface area contributed by atoms with E-state index < -0.39 is 0 Å². The maximum Gasteiger partial charge on any atom is 0.253 e. The van der Waals surface area contributed by atoms with Gasteiger partial charge in [-0.15, -0.1) is 0 Å². The third kappa shape index (κ3) is 3.37. The number of nitrogens with one attached hydrogen (secondary N) is 1. The summed E-state index contributed by atoms with van der Waals surface area (Å²) in [5.41, 5.74) is 2.47. The largest absolute Gasteiger partial charge is 0.371 e. The van der Waals surface area contributed by atoms with Crippen LogP contribution in [-0.4, -0.2) is 30.0 Å². The zero-order chi connectivity index (χ0) is 17.9. The Morgan fingerprint density at radius 2 is 1.81 bits per heavy atom. The summed E-state index contributed by atoms with van der Waals surface area (Å²) >= 11 is 6.22. The van der Waals surface area contributed by atoms with Crippen LogP contribution in [0.25, 0.3) is 10.9 Å². The van der Waals surface area contributed by atoms with E-state index >= 15 is 0 Å². The summed E-state index contributed by atoms with van der Waals surface area (Å²) in [5.74, 6) is -0.0801. The van der Waals surface area contributed by atoms with E-state index in [1.54, 1.807) is 18.3 Å². The van der Waals surface area contributed by atoms with Crippen molar-refractivity contribution in [3.63, 3.8) is 0 Å². The number of piperidine rings is 1. The lowest BCUT2D eigenvalue weighted by Gasteiger charge is -2.34. The fourth-order valence-corrected chi connectivity index (χ4v) is 3.72. The highest BCUT2D eigenvalue weighted by molar-refractivity contribution is 6.36. The van der Waals surface area contributed by atoms with Crippen LogP contribution in [0.3, 0.4) is 0 Å². The van der Waals surface area contributed by atoms with Crippen molar-refractivity contribution in [2.45, 2.75) is 18.9 Å². The molecule has 0 bridgehead atoms. The monoisotopic (exact) mass is 365 g/mol. The molecule has 2 heterocycles. The van der Waals surface area contributed by atoms with Crippen molar-refractivity contribution >= 4 is 34.1 Å². The van der Waals surface area contributed by atoms with Crippen molar-refractivity contribution < 1.29 is 4.79 Å². The molecule has 1 aliphatic heterocycles. The summed E-state index contributed by atoms with van der Waals surface area (Å²) in [6.45, 7) is 1.88. The number of anilines is 1. The minimum absolute atomic E-state index is 0.0801.